The summed E-state index contributed by atoms with van der Waals surface area (Å²) in [5.74, 6) is -7.88. The van der Waals surface area contributed by atoms with Gasteiger partial charge in [0.1, 0.15) is 0 Å². The van der Waals surface area contributed by atoms with Crippen molar-refractivity contribution in [2.45, 2.75) is 24.9 Å². The zero-order chi connectivity index (χ0) is 32.3. The number of anilines is 2. The minimum Gasteiger partial charge on any atom is -0.462 e. The van der Waals surface area contributed by atoms with E-state index in [-0.39, 0.29) is 24.3 Å². The number of carbonyl (C=O) groups is 4. The third-order valence-corrected chi connectivity index (χ3v) is 7.73. The van der Waals surface area contributed by atoms with E-state index in [0.717, 1.165) is 0 Å². The molecule has 2 aromatic rings. The Morgan fingerprint density at radius 2 is 0.857 bits per heavy atom. The van der Waals surface area contributed by atoms with E-state index >= 15 is 0 Å². The molecule has 0 saturated carbocycles. The molecule has 0 spiro atoms. The van der Waals surface area contributed by atoms with Crippen molar-refractivity contribution in [2.75, 3.05) is 21.8 Å². The maximum atomic E-state index is 13.5. The van der Waals surface area contributed by atoms with Gasteiger partial charge in [-0.3, -0.25) is 9.59 Å². The lowest BCUT2D eigenvalue weighted by atomic mass is 10.2. The minimum atomic E-state index is -6.92. The van der Waals surface area contributed by atoms with Gasteiger partial charge in [-0.15, -0.1) is 0 Å². The van der Waals surface area contributed by atoms with Crippen LogP contribution in [0.15, 0.2) is 48.5 Å². The number of sulfonamides is 2. The molecule has 42 heavy (non-hydrogen) atoms. The Hall–Kier alpha value is -4.20. The summed E-state index contributed by atoms with van der Waals surface area (Å²) < 4.78 is 137. The molecule has 0 radical (unpaired) electrons. The van der Waals surface area contributed by atoms with Crippen LogP contribution in [-0.2, 0) is 39.1 Å². The van der Waals surface area contributed by atoms with E-state index in [1.54, 1.807) is 0 Å². The molecule has 0 atom stereocenters. The van der Waals surface area contributed by atoms with Crippen LogP contribution in [-0.4, -0.2) is 64.8 Å². The Morgan fingerprint density at radius 1 is 0.595 bits per heavy atom. The molecule has 0 fully saturated rings. The molecule has 0 unspecified atom stereocenters. The summed E-state index contributed by atoms with van der Waals surface area (Å²) >= 11 is 0. The second-order valence-electron chi connectivity index (χ2n) is 7.58. The summed E-state index contributed by atoms with van der Waals surface area (Å²) in [6.07, 6.45) is 0. The molecule has 0 bridgehead atoms. The number of carbonyl (C=O) groups excluding carboxylic acids is 4. The predicted octanol–water partition coefficient (Wildman–Crippen LogP) is 3.11. The van der Waals surface area contributed by atoms with Crippen LogP contribution in [0.1, 0.15) is 34.6 Å². The number of ether oxygens (including phenoxy) is 2. The standard InChI is InChI=1S/C22H18F6N2O10S2/c1-3-39-19(33)13-5-9-15(10-6-13)29(41(35,36)21(23,24)25)17(31)18(32)30(42(37,38)22(26,27)28)16-11-7-14(8-12-16)20(34)40-4-2/h5-12H,3-4H2,1-2H3. The largest absolute Gasteiger partial charge is 0.517 e. The molecule has 2 rings (SSSR count). The van der Waals surface area contributed by atoms with E-state index in [9.17, 15) is 62.4 Å². The van der Waals surface area contributed by atoms with Crippen molar-refractivity contribution < 1.29 is 71.8 Å². The van der Waals surface area contributed by atoms with Gasteiger partial charge in [0, 0.05) is 0 Å². The number of nitrogens with zero attached hydrogens (tertiary/aromatic N) is 2. The van der Waals surface area contributed by atoms with Gasteiger partial charge in [-0.1, -0.05) is 0 Å². The van der Waals surface area contributed by atoms with Gasteiger partial charge in [-0.05, 0) is 62.4 Å². The summed E-state index contributed by atoms with van der Waals surface area (Å²) in [5.41, 5.74) is -16.0. The predicted molar refractivity (Wildman–Crippen MR) is 130 cm³/mol. The highest BCUT2D eigenvalue weighted by Gasteiger charge is 2.58. The van der Waals surface area contributed by atoms with E-state index in [0.29, 0.717) is 48.5 Å². The Labute approximate surface area is 233 Å². The van der Waals surface area contributed by atoms with Crippen molar-refractivity contribution in [3.63, 3.8) is 0 Å². The molecule has 0 N–H and O–H groups in total. The zero-order valence-electron chi connectivity index (χ0n) is 21.1. The number of alkyl halides is 6. The number of halogens is 6. The first kappa shape index (κ1) is 34.0. The van der Waals surface area contributed by atoms with Gasteiger partial charge >= 0.3 is 54.8 Å². The van der Waals surface area contributed by atoms with Gasteiger partial charge in [0.25, 0.3) is 0 Å². The third kappa shape index (κ3) is 6.81. The first-order chi connectivity index (χ1) is 19.2. The lowest BCUT2D eigenvalue weighted by Crippen LogP contribution is -2.54. The number of benzene rings is 2. The lowest BCUT2D eigenvalue weighted by Gasteiger charge is -2.27. The maximum Gasteiger partial charge on any atom is 0.517 e. The zero-order valence-corrected chi connectivity index (χ0v) is 22.7. The summed E-state index contributed by atoms with van der Waals surface area (Å²) in [6, 6.07) is 4.33. The highest BCUT2D eigenvalue weighted by molar-refractivity contribution is 7.95. The molecule has 230 valence electrons. The smallest absolute Gasteiger partial charge is 0.462 e. The van der Waals surface area contributed by atoms with Crippen molar-refractivity contribution in [1.82, 2.24) is 0 Å². The van der Waals surface area contributed by atoms with Crippen LogP contribution in [0.4, 0.5) is 37.7 Å². The van der Waals surface area contributed by atoms with Gasteiger partial charge in [-0.2, -0.15) is 51.8 Å². The van der Waals surface area contributed by atoms with Crippen LogP contribution in [0.3, 0.4) is 0 Å². The molecule has 0 aliphatic rings. The summed E-state index contributed by atoms with van der Waals surface area (Å²) in [6.45, 7) is 2.51. The van der Waals surface area contributed by atoms with Crippen molar-refractivity contribution >= 4 is 55.2 Å². The maximum absolute atomic E-state index is 13.5. The highest BCUT2D eigenvalue weighted by atomic mass is 32.2. The Morgan fingerprint density at radius 3 is 1.07 bits per heavy atom. The van der Waals surface area contributed by atoms with Gasteiger partial charge in [0.05, 0.1) is 35.7 Å². The average Bonchev–Trinajstić information content (AvgIpc) is 2.88. The Balaban J connectivity index is 2.75. The van der Waals surface area contributed by atoms with Crippen LogP contribution in [0.25, 0.3) is 0 Å². The molecule has 0 aliphatic carbocycles. The lowest BCUT2D eigenvalue weighted by molar-refractivity contribution is -0.135. The molecule has 12 nitrogen and oxygen atoms in total. The summed E-state index contributed by atoms with van der Waals surface area (Å²) in [5, 5.41) is 0. The molecule has 0 aliphatic heterocycles. The molecule has 2 amide bonds. The van der Waals surface area contributed by atoms with Crippen LogP contribution in [0.2, 0.25) is 0 Å². The third-order valence-electron chi connectivity index (χ3n) is 4.84. The number of esters is 2. The number of hydrogen-bond donors (Lipinski definition) is 0. The van der Waals surface area contributed by atoms with Crippen molar-refractivity contribution in [3.05, 3.63) is 59.7 Å². The number of hydrogen-bond acceptors (Lipinski definition) is 10. The van der Waals surface area contributed by atoms with Crippen LogP contribution >= 0.6 is 0 Å². The fraction of sp³-hybridized carbons (Fsp3) is 0.273. The fourth-order valence-electron chi connectivity index (χ4n) is 3.01. The monoisotopic (exact) mass is 648 g/mol. The topological polar surface area (TPSA) is 162 Å². The first-order valence-corrected chi connectivity index (χ1v) is 14.0. The molecule has 0 saturated heterocycles. The van der Waals surface area contributed by atoms with E-state index in [1.807, 2.05) is 0 Å². The quantitative estimate of drug-likeness (QED) is 0.236. The molecule has 0 heterocycles. The number of amides is 2. The van der Waals surface area contributed by atoms with Gasteiger partial charge in [-0.25, -0.2) is 9.59 Å². The second kappa shape index (κ2) is 12.3. The van der Waals surface area contributed by atoms with E-state index in [1.165, 1.54) is 13.8 Å². The second-order valence-corrected chi connectivity index (χ2v) is 11.1. The van der Waals surface area contributed by atoms with E-state index in [4.69, 9.17) is 0 Å². The first-order valence-electron chi connectivity index (χ1n) is 11.1. The van der Waals surface area contributed by atoms with Crippen molar-refractivity contribution in [3.8, 4) is 0 Å². The SMILES string of the molecule is CCOC(=O)c1ccc(N(C(=O)C(=O)N(c2ccc(C(=O)OCC)cc2)S(=O)(=O)C(F)(F)F)S(=O)(=O)C(F)(F)F)cc1. The highest BCUT2D eigenvalue weighted by Crippen LogP contribution is 2.35. The average molecular weight is 649 g/mol. The van der Waals surface area contributed by atoms with E-state index < -0.39 is 74.8 Å². The van der Waals surface area contributed by atoms with Gasteiger partial charge in [0.15, 0.2) is 0 Å². The molecular weight excluding hydrogens is 630 g/mol. The summed E-state index contributed by atoms with van der Waals surface area (Å²) in [4.78, 5) is 49.6. The Kier molecular flexibility index (Phi) is 10.00. The van der Waals surface area contributed by atoms with Crippen LogP contribution in [0, 0.1) is 0 Å². The van der Waals surface area contributed by atoms with Crippen LogP contribution < -0.4 is 8.61 Å². The molecular formula is C22H18F6N2O10S2. The van der Waals surface area contributed by atoms with Gasteiger partial charge in [0.2, 0.25) is 0 Å². The summed E-state index contributed by atoms with van der Waals surface area (Å²) in [7, 11) is -13.8. The van der Waals surface area contributed by atoms with Crippen molar-refractivity contribution in [1.29, 1.82) is 0 Å². The normalized spacial score (nSPS) is 12.3. The molecule has 0 aromatic heterocycles. The van der Waals surface area contributed by atoms with Crippen LogP contribution in [0.5, 0.6) is 0 Å². The molecule has 2 aromatic carbocycles. The van der Waals surface area contributed by atoms with E-state index in [2.05, 4.69) is 9.47 Å². The molecule has 20 heteroatoms. The van der Waals surface area contributed by atoms with Crippen molar-refractivity contribution in [2.24, 2.45) is 0 Å². The fourth-order valence-corrected chi connectivity index (χ4v) is 4.81. The Bertz CT molecular complexity index is 1450. The van der Waals surface area contributed by atoms with Gasteiger partial charge < -0.3 is 9.47 Å². The minimum absolute atomic E-state index is 0.146. The number of rotatable bonds is 8.